The van der Waals surface area contributed by atoms with Crippen molar-refractivity contribution in [2.75, 3.05) is 44.8 Å². The molecule has 0 unspecified atom stereocenters. The number of carbonyl (C=O) groups excluding carboxylic acids is 3. The van der Waals surface area contributed by atoms with Crippen LogP contribution >= 0.6 is 0 Å². The molecule has 2 aliphatic carbocycles. The lowest BCUT2D eigenvalue weighted by molar-refractivity contribution is -0.142. The Hall–Kier alpha value is -3.07. The van der Waals surface area contributed by atoms with Crippen molar-refractivity contribution in [3.63, 3.8) is 0 Å². The van der Waals surface area contributed by atoms with E-state index in [1.807, 2.05) is 0 Å². The van der Waals surface area contributed by atoms with E-state index in [0.717, 1.165) is 36.4 Å². The number of hydrogen-bond acceptors (Lipinski definition) is 8. The number of hydrogen-bond donors (Lipinski definition) is 3. The number of nitrogens with zero attached hydrogens (tertiary/aromatic N) is 2. The Balaban J connectivity index is 1.16. The highest BCUT2D eigenvalue weighted by Gasteiger charge is 2.47. The first-order valence-electron chi connectivity index (χ1n) is 17.0. The molecule has 4 fully saturated rings. The maximum Gasteiger partial charge on any atom is 0.304 e. The van der Waals surface area contributed by atoms with Crippen LogP contribution in [-0.2, 0) is 24.5 Å². The zero-order valence-corrected chi connectivity index (χ0v) is 27.5. The Morgan fingerprint density at radius 1 is 0.957 bits per heavy atom. The van der Waals surface area contributed by atoms with Gasteiger partial charge in [-0.2, -0.15) is 12.7 Å². The summed E-state index contributed by atoms with van der Waals surface area (Å²) in [6.07, 6.45) is 9.05. The summed E-state index contributed by atoms with van der Waals surface area (Å²) in [4.78, 5) is 42.6. The van der Waals surface area contributed by atoms with Crippen LogP contribution in [0.5, 0.6) is 0 Å². The minimum Gasteiger partial charge on any atom is -0.451 e. The molecule has 14 heteroatoms. The number of alkyl halides is 1. The first kappa shape index (κ1) is 33.8. The van der Waals surface area contributed by atoms with Gasteiger partial charge in [-0.15, -0.1) is 0 Å². The molecule has 47 heavy (non-hydrogen) atoms. The first-order chi connectivity index (χ1) is 22.6. The second kappa shape index (κ2) is 14.6. The number of benzene rings is 1. The van der Waals surface area contributed by atoms with Crippen molar-refractivity contribution in [3.8, 4) is 0 Å². The van der Waals surface area contributed by atoms with Crippen LogP contribution in [0, 0.1) is 23.7 Å². The van der Waals surface area contributed by atoms with Gasteiger partial charge in [0, 0.05) is 42.7 Å². The fourth-order valence-electron chi connectivity index (χ4n) is 8.08. The number of carbonyl (C=O) groups is 3. The summed E-state index contributed by atoms with van der Waals surface area (Å²) < 4.78 is 52.5. The molecule has 3 amide bonds. The largest absolute Gasteiger partial charge is 0.451 e. The molecule has 0 radical (unpaired) electrons. The van der Waals surface area contributed by atoms with Gasteiger partial charge in [0.15, 0.2) is 5.76 Å². The Morgan fingerprint density at radius 3 is 2.38 bits per heavy atom. The summed E-state index contributed by atoms with van der Waals surface area (Å²) in [6, 6.07) is 5.32. The Bertz CT molecular complexity index is 1550. The van der Waals surface area contributed by atoms with Crippen molar-refractivity contribution in [1.29, 1.82) is 0 Å². The number of halogens is 1. The van der Waals surface area contributed by atoms with Crippen molar-refractivity contribution in [2.45, 2.75) is 76.3 Å². The number of amides is 3. The van der Waals surface area contributed by atoms with Gasteiger partial charge in [0.2, 0.25) is 11.8 Å². The van der Waals surface area contributed by atoms with Crippen molar-refractivity contribution < 1.29 is 36.3 Å². The smallest absolute Gasteiger partial charge is 0.304 e. The lowest BCUT2D eigenvalue weighted by atomic mass is 9.76. The van der Waals surface area contributed by atoms with Gasteiger partial charge in [-0.3, -0.25) is 14.4 Å². The summed E-state index contributed by atoms with van der Waals surface area (Å²) in [7, 11) is -4.06. The molecule has 1 aromatic carbocycles. The molecule has 4 N–H and O–H groups in total. The Kier molecular flexibility index (Phi) is 10.5. The molecule has 3 atom stereocenters. The molecule has 258 valence electrons. The molecular weight excluding hydrogens is 629 g/mol. The van der Waals surface area contributed by atoms with Gasteiger partial charge in [0.05, 0.1) is 13.2 Å². The number of ether oxygens (including phenoxy) is 1. The molecule has 1 aromatic heterocycles. The van der Waals surface area contributed by atoms with Gasteiger partial charge >= 0.3 is 16.1 Å². The second-order valence-electron chi connectivity index (χ2n) is 13.6. The van der Waals surface area contributed by atoms with E-state index in [9.17, 15) is 27.2 Å². The second-order valence-corrected chi connectivity index (χ2v) is 15.2. The SMILES string of the molecule is N[C@H](CF)[C@H]1CC[C@H](C(=O)N2CC[C@@H](C3CCCCC3)[C@H]2C(=O)Nc2ccc3oc(C(=O)NS(=O)(=O)N4CCOCC4)cc3c2)CC1. The topological polar surface area (TPSA) is 164 Å². The minimum absolute atomic E-state index is 0.00343. The van der Waals surface area contributed by atoms with Gasteiger partial charge in [-0.25, -0.2) is 9.11 Å². The molecule has 3 heterocycles. The number of furan rings is 1. The Morgan fingerprint density at radius 2 is 1.68 bits per heavy atom. The van der Waals surface area contributed by atoms with Gasteiger partial charge in [-0.05, 0) is 74.1 Å². The van der Waals surface area contributed by atoms with Crippen LogP contribution in [0.3, 0.4) is 0 Å². The van der Waals surface area contributed by atoms with Crippen molar-refractivity contribution >= 4 is 44.6 Å². The molecule has 2 aliphatic heterocycles. The zero-order chi connectivity index (χ0) is 33.1. The molecule has 0 spiro atoms. The fourth-order valence-corrected chi connectivity index (χ4v) is 9.17. The monoisotopic (exact) mass is 675 g/mol. The van der Waals surface area contributed by atoms with Gasteiger partial charge in [0.1, 0.15) is 18.3 Å². The summed E-state index contributed by atoms with van der Waals surface area (Å²) in [5, 5.41) is 3.55. The minimum atomic E-state index is -4.06. The first-order valence-corrected chi connectivity index (χ1v) is 18.4. The van der Waals surface area contributed by atoms with Crippen LogP contribution in [0.2, 0.25) is 0 Å². The van der Waals surface area contributed by atoms with E-state index in [4.69, 9.17) is 14.9 Å². The van der Waals surface area contributed by atoms with Crippen LogP contribution in [0.15, 0.2) is 28.7 Å². The van der Waals surface area contributed by atoms with Crippen LogP contribution in [0.1, 0.15) is 74.8 Å². The van der Waals surface area contributed by atoms with Crippen molar-refractivity contribution in [2.24, 2.45) is 29.4 Å². The standard InChI is InChI=1S/C33H46FN5O7S/c34-20-27(35)22-6-8-23(9-7-22)33(42)39-13-12-26(21-4-2-1-3-5-21)30(39)32(41)36-25-10-11-28-24(18-25)19-29(46-28)31(40)37-47(43,44)38-14-16-45-17-15-38/h10-11,18-19,21-23,26-27,30H,1-9,12-17,20,35H2,(H,36,41)(H,37,40)/t22-,23-,26-,27+,30-/m0/s1. The number of anilines is 1. The number of rotatable bonds is 9. The molecule has 2 aromatic rings. The average Bonchev–Trinajstić information content (AvgIpc) is 3.73. The van der Waals surface area contributed by atoms with Crippen molar-refractivity contribution in [1.82, 2.24) is 13.9 Å². The molecule has 2 saturated carbocycles. The quantitative estimate of drug-likeness (QED) is 0.363. The fraction of sp³-hybridized carbons (Fsp3) is 0.667. The summed E-state index contributed by atoms with van der Waals surface area (Å²) in [5.41, 5.74) is 6.80. The molecule has 6 rings (SSSR count). The number of nitrogens with two attached hydrogens (primary N) is 1. The normalized spacial score (nSPS) is 27.1. The van der Waals surface area contributed by atoms with Crippen LogP contribution in [-0.4, -0.2) is 87.0 Å². The van der Waals surface area contributed by atoms with E-state index >= 15 is 0 Å². The van der Waals surface area contributed by atoms with E-state index in [1.165, 1.54) is 12.5 Å². The third kappa shape index (κ3) is 7.50. The Labute approximate surface area is 275 Å². The highest BCUT2D eigenvalue weighted by Crippen LogP contribution is 2.41. The third-order valence-corrected chi connectivity index (χ3v) is 12.2. The number of likely N-dealkylation sites (tertiary alicyclic amines) is 1. The van der Waals surface area contributed by atoms with Crippen LogP contribution in [0.4, 0.5) is 10.1 Å². The lowest BCUT2D eigenvalue weighted by Crippen LogP contribution is -2.50. The molecular formula is C33H46FN5O7S. The van der Waals surface area contributed by atoms with E-state index in [2.05, 4.69) is 10.0 Å². The summed E-state index contributed by atoms with van der Waals surface area (Å²) >= 11 is 0. The predicted octanol–water partition coefficient (Wildman–Crippen LogP) is 3.58. The van der Waals surface area contributed by atoms with E-state index in [1.54, 1.807) is 23.1 Å². The van der Waals surface area contributed by atoms with E-state index in [-0.39, 0.29) is 61.6 Å². The predicted molar refractivity (Wildman–Crippen MR) is 173 cm³/mol. The number of nitrogens with one attached hydrogen (secondary N) is 2. The molecule has 2 saturated heterocycles. The molecule has 0 bridgehead atoms. The van der Waals surface area contributed by atoms with Gasteiger partial charge < -0.3 is 25.1 Å². The molecule has 4 aliphatic rings. The van der Waals surface area contributed by atoms with Gasteiger partial charge in [-0.1, -0.05) is 32.1 Å². The highest BCUT2D eigenvalue weighted by molar-refractivity contribution is 7.87. The maximum absolute atomic E-state index is 14.1. The summed E-state index contributed by atoms with van der Waals surface area (Å²) in [5.74, 6) is -0.978. The average molecular weight is 676 g/mol. The third-order valence-electron chi connectivity index (χ3n) is 10.7. The van der Waals surface area contributed by atoms with Crippen LogP contribution < -0.4 is 15.8 Å². The van der Waals surface area contributed by atoms with E-state index < -0.39 is 34.9 Å². The molecule has 12 nitrogen and oxygen atoms in total. The van der Waals surface area contributed by atoms with E-state index in [0.29, 0.717) is 54.8 Å². The highest BCUT2D eigenvalue weighted by atomic mass is 32.2. The summed E-state index contributed by atoms with van der Waals surface area (Å²) in [6.45, 7) is 0.771. The van der Waals surface area contributed by atoms with Crippen molar-refractivity contribution in [3.05, 3.63) is 30.0 Å². The number of morpholine rings is 1. The van der Waals surface area contributed by atoms with Crippen LogP contribution in [0.25, 0.3) is 11.0 Å². The maximum atomic E-state index is 14.1. The number of fused-ring (bicyclic) bond motifs is 1. The zero-order valence-electron chi connectivity index (χ0n) is 26.7. The lowest BCUT2D eigenvalue weighted by Gasteiger charge is -2.36. The van der Waals surface area contributed by atoms with Gasteiger partial charge in [0.25, 0.3) is 0 Å².